The molecule has 2 rings (SSSR count). The van der Waals surface area contributed by atoms with Gasteiger partial charge < -0.3 is 9.47 Å². The van der Waals surface area contributed by atoms with Crippen molar-refractivity contribution in [1.29, 1.82) is 0 Å². The molecule has 0 spiro atoms. The summed E-state index contributed by atoms with van der Waals surface area (Å²) in [5, 5.41) is 0. The minimum Gasteiger partial charge on any atom is -0.469 e. The van der Waals surface area contributed by atoms with Crippen molar-refractivity contribution in [3.05, 3.63) is 0 Å². The molecule has 1 aliphatic carbocycles. The predicted octanol–water partition coefficient (Wildman–Crippen LogP) is 2.08. The van der Waals surface area contributed by atoms with Crippen LogP contribution >= 0.6 is 0 Å². The quantitative estimate of drug-likeness (QED) is 0.572. The van der Waals surface area contributed by atoms with Crippen LogP contribution in [0.4, 0.5) is 4.39 Å². The number of methoxy groups -OCH3 is 1. The lowest BCUT2D eigenvalue weighted by Crippen LogP contribution is -2.36. The molecule has 1 heterocycles. The van der Waals surface area contributed by atoms with Gasteiger partial charge in [-0.15, -0.1) is 0 Å². The molecule has 2 aliphatic rings. The first-order valence-corrected chi connectivity index (χ1v) is 6.82. The Bertz CT molecular complexity index is 273. The fraction of sp³-hybridized carbons (Fsp3) is 0.923. The number of nitrogens with zero attached hydrogens (tertiary/aromatic N) is 1. The molecule has 0 radical (unpaired) electrons. The van der Waals surface area contributed by atoms with Crippen molar-refractivity contribution in [2.75, 3.05) is 20.2 Å². The van der Waals surface area contributed by atoms with Crippen LogP contribution < -0.4 is 0 Å². The van der Waals surface area contributed by atoms with Gasteiger partial charge in [-0.3, -0.25) is 9.69 Å². The van der Waals surface area contributed by atoms with Gasteiger partial charge in [0.25, 0.3) is 6.48 Å². The minimum absolute atomic E-state index is 0.0281. The summed E-state index contributed by atoms with van der Waals surface area (Å²) in [6.07, 6.45) is 5.02. The lowest BCUT2D eigenvalue weighted by molar-refractivity contribution is -0.176. The fourth-order valence-corrected chi connectivity index (χ4v) is 2.79. The van der Waals surface area contributed by atoms with Crippen molar-refractivity contribution < 1.29 is 18.7 Å². The largest absolute Gasteiger partial charge is 0.469 e. The van der Waals surface area contributed by atoms with E-state index in [9.17, 15) is 9.18 Å². The lowest BCUT2D eigenvalue weighted by atomic mass is 9.87. The van der Waals surface area contributed by atoms with Crippen molar-refractivity contribution >= 4 is 5.97 Å². The SMILES string of the molecule is COC(=O)[C@H]1CC[C@@H](OC(F)N2CCCC2)CC1. The van der Waals surface area contributed by atoms with Gasteiger partial charge in [-0.05, 0) is 38.5 Å². The zero-order valence-electron chi connectivity index (χ0n) is 10.9. The van der Waals surface area contributed by atoms with Gasteiger partial charge in [-0.2, -0.15) is 4.39 Å². The molecule has 0 aromatic rings. The Labute approximate surface area is 107 Å². The molecule has 1 saturated carbocycles. The summed E-state index contributed by atoms with van der Waals surface area (Å²) in [4.78, 5) is 13.1. The Kier molecular flexibility index (Phi) is 4.95. The summed E-state index contributed by atoms with van der Waals surface area (Å²) in [6.45, 7) is 0.310. The van der Waals surface area contributed by atoms with Crippen LogP contribution in [0.5, 0.6) is 0 Å². The Morgan fingerprint density at radius 1 is 1.22 bits per heavy atom. The first-order chi connectivity index (χ1) is 8.70. The molecule has 104 valence electrons. The number of alkyl halides is 1. The summed E-state index contributed by atoms with van der Waals surface area (Å²) < 4.78 is 24.0. The number of rotatable bonds is 4. The van der Waals surface area contributed by atoms with Gasteiger partial charge in [0.1, 0.15) is 0 Å². The van der Waals surface area contributed by atoms with Gasteiger partial charge in [0.15, 0.2) is 0 Å². The first kappa shape index (κ1) is 13.7. The molecule has 18 heavy (non-hydrogen) atoms. The van der Waals surface area contributed by atoms with E-state index in [-0.39, 0.29) is 18.0 Å². The molecule has 0 amide bonds. The highest BCUT2D eigenvalue weighted by Gasteiger charge is 2.30. The minimum atomic E-state index is -1.27. The zero-order valence-corrected chi connectivity index (χ0v) is 10.9. The van der Waals surface area contributed by atoms with Crippen molar-refractivity contribution in [1.82, 2.24) is 4.90 Å². The van der Waals surface area contributed by atoms with Crippen LogP contribution in [0.25, 0.3) is 0 Å². The highest BCUT2D eigenvalue weighted by molar-refractivity contribution is 5.72. The number of carbonyl (C=O) groups is 1. The first-order valence-electron chi connectivity index (χ1n) is 6.82. The fourth-order valence-electron chi connectivity index (χ4n) is 2.79. The molecule has 1 atom stereocenters. The van der Waals surface area contributed by atoms with Gasteiger partial charge in [0.2, 0.25) is 0 Å². The van der Waals surface area contributed by atoms with E-state index in [4.69, 9.17) is 9.47 Å². The standard InChI is InChI=1S/C13H22FNO3/c1-17-12(16)10-4-6-11(7-5-10)18-13(14)15-8-2-3-9-15/h10-11,13H,2-9H2,1H3/t10-,11+,13?. The van der Waals surface area contributed by atoms with E-state index in [1.54, 1.807) is 4.90 Å². The number of esters is 1. The van der Waals surface area contributed by atoms with Crippen LogP contribution in [-0.4, -0.2) is 43.7 Å². The van der Waals surface area contributed by atoms with E-state index >= 15 is 0 Å². The Hall–Kier alpha value is -0.680. The van der Waals surface area contributed by atoms with Crippen LogP contribution in [-0.2, 0) is 14.3 Å². The maximum absolute atomic E-state index is 13.8. The molecule has 1 saturated heterocycles. The smallest absolute Gasteiger partial charge is 0.308 e. The molecule has 0 bridgehead atoms. The average Bonchev–Trinajstić information content (AvgIpc) is 2.92. The van der Waals surface area contributed by atoms with E-state index in [1.165, 1.54) is 7.11 Å². The molecule has 4 nitrogen and oxygen atoms in total. The summed E-state index contributed by atoms with van der Waals surface area (Å²) in [7, 11) is 1.41. The predicted molar refractivity (Wildman–Crippen MR) is 64.6 cm³/mol. The topological polar surface area (TPSA) is 38.8 Å². The number of hydrogen-bond acceptors (Lipinski definition) is 4. The molecular weight excluding hydrogens is 237 g/mol. The Morgan fingerprint density at radius 2 is 1.83 bits per heavy atom. The van der Waals surface area contributed by atoms with Crippen molar-refractivity contribution in [2.45, 2.75) is 51.1 Å². The number of likely N-dealkylation sites (tertiary alicyclic amines) is 1. The van der Waals surface area contributed by atoms with E-state index in [2.05, 4.69) is 0 Å². The summed E-state index contributed by atoms with van der Waals surface area (Å²) in [5.41, 5.74) is 0. The van der Waals surface area contributed by atoms with Crippen molar-refractivity contribution in [2.24, 2.45) is 5.92 Å². The van der Waals surface area contributed by atoms with Crippen LogP contribution in [0.2, 0.25) is 0 Å². The van der Waals surface area contributed by atoms with E-state index in [1.807, 2.05) is 0 Å². The lowest BCUT2D eigenvalue weighted by Gasteiger charge is -2.30. The summed E-state index contributed by atoms with van der Waals surface area (Å²) in [5.74, 6) is -0.176. The number of ether oxygens (including phenoxy) is 2. The van der Waals surface area contributed by atoms with E-state index in [0.29, 0.717) is 0 Å². The summed E-state index contributed by atoms with van der Waals surface area (Å²) >= 11 is 0. The number of hydrogen-bond donors (Lipinski definition) is 0. The molecule has 1 aliphatic heterocycles. The maximum Gasteiger partial charge on any atom is 0.308 e. The highest BCUT2D eigenvalue weighted by atomic mass is 19.1. The van der Waals surface area contributed by atoms with Gasteiger partial charge in [-0.25, -0.2) is 0 Å². The maximum atomic E-state index is 13.8. The van der Waals surface area contributed by atoms with Crippen LogP contribution in [0.15, 0.2) is 0 Å². The summed E-state index contributed by atoms with van der Waals surface area (Å²) in [6, 6.07) is 0. The third kappa shape index (κ3) is 3.42. The third-order valence-corrected chi connectivity index (χ3v) is 3.94. The van der Waals surface area contributed by atoms with Gasteiger partial charge in [0, 0.05) is 13.1 Å². The molecular formula is C13H22FNO3. The van der Waals surface area contributed by atoms with E-state index < -0.39 is 6.48 Å². The molecule has 0 N–H and O–H groups in total. The van der Waals surface area contributed by atoms with Crippen LogP contribution in [0.1, 0.15) is 38.5 Å². The monoisotopic (exact) mass is 259 g/mol. The second-order valence-corrected chi connectivity index (χ2v) is 5.17. The third-order valence-electron chi connectivity index (χ3n) is 3.94. The van der Waals surface area contributed by atoms with Gasteiger partial charge in [-0.1, -0.05) is 0 Å². The molecule has 0 aromatic heterocycles. The van der Waals surface area contributed by atoms with E-state index in [0.717, 1.165) is 51.6 Å². The second kappa shape index (κ2) is 6.48. The van der Waals surface area contributed by atoms with Gasteiger partial charge in [0.05, 0.1) is 19.1 Å². The van der Waals surface area contributed by atoms with Crippen molar-refractivity contribution in [3.8, 4) is 0 Å². The Morgan fingerprint density at radius 3 is 2.39 bits per heavy atom. The molecule has 5 heteroatoms. The van der Waals surface area contributed by atoms with Gasteiger partial charge >= 0.3 is 5.97 Å². The molecule has 1 unspecified atom stereocenters. The highest BCUT2D eigenvalue weighted by Crippen LogP contribution is 2.28. The normalized spacial score (nSPS) is 31.2. The second-order valence-electron chi connectivity index (χ2n) is 5.17. The molecule has 0 aromatic carbocycles. The van der Waals surface area contributed by atoms with Crippen LogP contribution in [0.3, 0.4) is 0 Å². The number of halogens is 1. The average molecular weight is 259 g/mol. The van der Waals surface area contributed by atoms with Crippen LogP contribution in [0, 0.1) is 5.92 Å². The molecule has 2 fully saturated rings. The Balaban J connectivity index is 1.71. The van der Waals surface area contributed by atoms with Crippen molar-refractivity contribution in [3.63, 3.8) is 0 Å². The number of carbonyl (C=O) groups excluding carboxylic acids is 1. The zero-order chi connectivity index (χ0) is 13.0.